The van der Waals surface area contributed by atoms with Gasteiger partial charge in [0.2, 0.25) is 0 Å². The van der Waals surface area contributed by atoms with E-state index in [0.29, 0.717) is 12.1 Å². The zero-order valence-corrected chi connectivity index (χ0v) is 12.8. The van der Waals surface area contributed by atoms with Gasteiger partial charge >= 0.3 is 0 Å². The Kier molecular flexibility index (Phi) is 4.29. The molecule has 2 atom stereocenters. The molecule has 5 heteroatoms. The zero-order chi connectivity index (χ0) is 14.7. The summed E-state index contributed by atoms with van der Waals surface area (Å²) in [6.07, 6.45) is 7.16. The Labute approximate surface area is 125 Å². The molecule has 0 amide bonds. The van der Waals surface area contributed by atoms with E-state index in [0.717, 1.165) is 30.1 Å². The van der Waals surface area contributed by atoms with Crippen molar-refractivity contribution >= 4 is 17.0 Å². The molecule has 2 unspecified atom stereocenters. The van der Waals surface area contributed by atoms with Gasteiger partial charge in [0, 0.05) is 31.0 Å². The number of anilines is 1. The maximum absolute atomic E-state index is 4.72. The predicted octanol–water partition coefficient (Wildman–Crippen LogP) is 2.38. The van der Waals surface area contributed by atoms with Gasteiger partial charge < -0.3 is 10.2 Å². The van der Waals surface area contributed by atoms with Crippen molar-refractivity contribution in [1.29, 1.82) is 0 Å². The van der Waals surface area contributed by atoms with E-state index in [4.69, 9.17) is 4.98 Å². The van der Waals surface area contributed by atoms with Crippen LogP contribution in [0.1, 0.15) is 33.1 Å². The molecule has 5 nitrogen and oxygen atoms in total. The highest BCUT2D eigenvalue weighted by Crippen LogP contribution is 2.26. The van der Waals surface area contributed by atoms with Crippen molar-refractivity contribution in [2.75, 3.05) is 18.0 Å². The first-order valence-corrected chi connectivity index (χ1v) is 7.87. The molecule has 21 heavy (non-hydrogen) atoms. The Morgan fingerprint density at radius 1 is 1.29 bits per heavy atom. The highest BCUT2D eigenvalue weighted by Gasteiger charge is 2.28. The summed E-state index contributed by atoms with van der Waals surface area (Å²) in [6.45, 7) is 6.50. The third-order valence-corrected chi connectivity index (χ3v) is 4.26. The van der Waals surface area contributed by atoms with Gasteiger partial charge in [0.05, 0.1) is 0 Å². The van der Waals surface area contributed by atoms with Gasteiger partial charge in [-0.25, -0.2) is 9.97 Å². The topological polar surface area (TPSA) is 53.9 Å². The Balaban J connectivity index is 1.90. The first-order valence-electron chi connectivity index (χ1n) is 7.87. The van der Waals surface area contributed by atoms with Crippen LogP contribution in [0.25, 0.3) is 11.2 Å². The van der Waals surface area contributed by atoms with E-state index in [1.165, 1.54) is 19.3 Å². The molecule has 1 aliphatic rings. The molecule has 3 rings (SSSR count). The minimum Gasteiger partial charge on any atom is -0.352 e. The van der Waals surface area contributed by atoms with E-state index in [9.17, 15) is 0 Å². The van der Waals surface area contributed by atoms with E-state index < -0.39 is 0 Å². The van der Waals surface area contributed by atoms with Gasteiger partial charge in [0.25, 0.3) is 0 Å². The van der Waals surface area contributed by atoms with Crippen LogP contribution in [0.15, 0.2) is 24.5 Å². The molecule has 1 N–H and O–H groups in total. The molecule has 1 saturated heterocycles. The summed E-state index contributed by atoms with van der Waals surface area (Å²) in [5.74, 6) is 1.03. The molecule has 1 aliphatic heterocycles. The van der Waals surface area contributed by atoms with Crippen molar-refractivity contribution < 1.29 is 0 Å². The van der Waals surface area contributed by atoms with Gasteiger partial charge in [-0.1, -0.05) is 6.92 Å². The van der Waals surface area contributed by atoms with Gasteiger partial charge in [0.1, 0.15) is 11.3 Å². The Bertz CT molecular complexity index is 600. The molecule has 0 bridgehead atoms. The third kappa shape index (κ3) is 2.97. The summed E-state index contributed by atoms with van der Waals surface area (Å²) < 4.78 is 0. The fourth-order valence-electron chi connectivity index (χ4n) is 3.22. The number of nitrogens with zero attached hydrogens (tertiary/aromatic N) is 4. The SMILES string of the molecule is CCNC(C)C1CCCCN1c1ccc2nccnc2n1. The second-order valence-electron chi connectivity index (χ2n) is 5.67. The third-order valence-electron chi connectivity index (χ3n) is 4.26. The highest BCUT2D eigenvalue weighted by atomic mass is 15.2. The normalized spacial score (nSPS) is 20.7. The van der Waals surface area contributed by atoms with Crippen molar-refractivity contribution in [2.45, 2.75) is 45.2 Å². The van der Waals surface area contributed by atoms with Crippen LogP contribution in [0.3, 0.4) is 0 Å². The summed E-state index contributed by atoms with van der Waals surface area (Å²) in [5.41, 5.74) is 1.59. The Morgan fingerprint density at radius 3 is 3.00 bits per heavy atom. The minimum absolute atomic E-state index is 0.467. The number of rotatable bonds is 4. The van der Waals surface area contributed by atoms with Crippen LogP contribution < -0.4 is 10.2 Å². The van der Waals surface area contributed by atoms with Crippen molar-refractivity contribution in [1.82, 2.24) is 20.3 Å². The number of fused-ring (bicyclic) bond motifs is 1. The maximum atomic E-state index is 4.72. The van der Waals surface area contributed by atoms with E-state index in [2.05, 4.69) is 40.1 Å². The van der Waals surface area contributed by atoms with E-state index in [1.807, 2.05) is 6.07 Å². The second kappa shape index (κ2) is 6.35. The number of aromatic nitrogens is 3. The molecule has 3 heterocycles. The van der Waals surface area contributed by atoms with Crippen molar-refractivity contribution in [3.8, 4) is 0 Å². The quantitative estimate of drug-likeness (QED) is 0.934. The largest absolute Gasteiger partial charge is 0.352 e. The average Bonchev–Trinajstić information content (AvgIpc) is 2.54. The molecule has 0 spiro atoms. The molecule has 0 saturated carbocycles. The molecular formula is C16H23N5. The maximum Gasteiger partial charge on any atom is 0.180 e. The fourth-order valence-corrected chi connectivity index (χ4v) is 3.22. The van der Waals surface area contributed by atoms with E-state index in [-0.39, 0.29) is 0 Å². The molecule has 0 aromatic carbocycles. The minimum atomic E-state index is 0.467. The summed E-state index contributed by atoms with van der Waals surface area (Å²) in [6, 6.07) is 5.07. The predicted molar refractivity (Wildman–Crippen MR) is 85.5 cm³/mol. The molecular weight excluding hydrogens is 262 g/mol. The van der Waals surface area contributed by atoms with Gasteiger partial charge in [-0.15, -0.1) is 0 Å². The summed E-state index contributed by atoms with van der Waals surface area (Å²) in [5, 5.41) is 3.55. The van der Waals surface area contributed by atoms with Crippen LogP contribution in [-0.2, 0) is 0 Å². The van der Waals surface area contributed by atoms with Crippen molar-refractivity contribution in [3.63, 3.8) is 0 Å². The van der Waals surface area contributed by atoms with Crippen molar-refractivity contribution in [3.05, 3.63) is 24.5 Å². The average molecular weight is 285 g/mol. The monoisotopic (exact) mass is 285 g/mol. The van der Waals surface area contributed by atoms with Crippen LogP contribution in [0.2, 0.25) is 0 Å². The highest BCUT2D eigenvalue weighted by molar-refractivity contribution is 5.71. The van der Waals surface area contributed by atoms with Gasteiger partial charge in [0.15, 0.2) is 5.65 Å². The van der Waals surface area contributed by atoms with Gasteiger partial charge in [-0.05, 0) is 44.9 Å². The molecule has 112 valence electrons. The van der Waals surface area contributed by atoms with Gasteiger partial charge in [-0.3, -0.25) is 4.98 Å². The van der Waals surface area contributed by atoms with Crippen LogP contribution >= 0.6 is 0 Å². The van der Waals surface area contributed by atoms with Gasteiger partial charge in [-0.2, -0.15) is 0 Å². The lowest BCUT2D eigenvalue weighted by Crippen LogP contribution is -2.51. The summed E-state index contributed by atoms with van der Waals surface area (Å²) in [7, 11) is 0. The number of pyridine rings is 1. The Morgan fingerprint density at radius 2 is 2.14 bits per heavy atom. The standard InChI is InChI=1S/C16H23N5/c1-3-17-12(2)14-6-4-5-11-21(14)15-8-7-13-16(20-15)19-10-9-18-13/h7-10,12,14,17H,3-6,11H2,1-2H3. The number of piperidine rings is 1. The first-order chi connectivity index (χ1) is 10.3. The lowest BCUT2D eigenvalue weighted by atomic mass is 9.96. The number of hydrogen-bond acceptors (Lipinski definition) is 5. The lowest BCUT2D eigenvalue weighted by molar-refractivity contribution is 0.370. The molecule has 0 aliphatic carbocycles. The fraction of sp³-hybridized carbons (Fsp3) is 0.562. The number of nitrogens with one attached hydrogen (secondary N) is 1. The van der Waals surface area contributed by atoms with Crippen LogP contribution in [0.4, 0.5) is 5.82 Å². The van der Waals surface area contributed by atoms with Crippen LogP contribution in [-0.4, -0.2) is 40.1 Å². The number of likely N-dealkylation sites (N-methyl/N-ethyl adjacent to an activating group) is 1. The van der Waals surface area contributed by atoms with Crippen LogP contribution in [0, 0.1) is 0 Å². The summed E-state index contributed by atoms with van der Waals surface area (Å²) >= 11 is 0. The van der Waals surface area contributed by atoms with E-state index in [1.54, 1.807) is 12.4 Å². The zero-order valence-electron chi connectivity index (χ0n) is 12.8. The molecule has 1 fully saturated rings. The summed E-state index contributed by atoms with van der Waals surface area (Å²) in [4.78, 5) is 15.8. The molecule has 0 radical (unpaired) electrons. The van der Waals surface area contributed by atoms with E-state index >= 15 is 0 Å². The Hall–Kier alpha value is -1.75. The second-order valence-corrected chi connectivity index (χ2v) is 5.67. The smallest absolute Gasteiger partial charge is 0.180 e. The van der Waals surface area contributed by atoms with Crippen molar-refractivity contribution in [2.24, 2.45) is 0 Å². The first kappa shape index (κ1) is 14.2. The van der Waals surface area contributed by atoms with Crippen LogP contribution in [0.5, 0.6) is 0 Å². The molecule has 2 aromatic heterocycles. The molecule has 2 aromatic rings. The number of hydrogen-bond donors (Lipinski definition) is 1. The lowest BCUT2D eigenvalue weighted by Gasteiger charge is -2.40.